The van der Waals surface area contributed by atoms with E-state index in [-0.39, 0.29) is 11.8 Å². The van der Waals surface area contributed by atoms with Gasteiger partial charge in [0.2, 0.25) is 5.91 Å². The molecule has 5 nitrogen and oxygen atoms in total. The Morgan fingerprint density at radius 2 is 1.85 bits per heavy atom. The second-order valence-electron chi connectivity index (χ2n) is 6.66. The van der Waals surface area contributed by atoms with Gasteiger partial charge in [-0.15, -0.1) is 0 Å². The molecule has 0 bridgehead atoms. The van der Waals surface area contributed by atoms with E-state index in [4.69, 9.17) is 4.74 Å². The molecule has 2 amide bonds. The van der Waals surface area contributed by atoms with Crippen molar-refractivity contribution in [2.45, 2.75) is 26.8 Å². The topological polar surface area (TPSA) is 49.9 Å². The molecule has 26 heavy (non-hydrogen) atoms. The van der Waals surface area contributed by atoms with E-state index in [2.05, 4.69) is 0 Å². The molecule has 1 aliphatic rings. The average Bonchev–Trinajstić information content (AvgIpc) is 2.66. The summed E-state index contributed by atoms with van der Waals surface area (Å²) in [5, 5.41) is 0. The minimum atomic E-state index is -0.510. The van der Waals surface area contributed by atoms with Gasteiger partial charge in [-0.1, -0.05) is 12.1 Å². The van der Waals surface area contributed by atoms with E-state index in [1.165, 1.54) is 5.56 Å². The molecule has 0 aliphatic carbocycles. The number of ether oxygens (including phenoxy) is 1. The summed E-state index contributed by atoms with van der Waals surface area (Å²) >= 11 is 0. The third-order valence-corrected chi connectivity index (χ3v) is 5.04. The Bertz CT molecular complexity index is 847. The maximum absolute atomic E-state index is 12.9. The number of anilines is 1. The lowest BCUT2D eigenvalue weighted by Crippen LogP contribution is -2.57. The molecular weight excluding hydrogens is 328 g/mol. The number of carbonyl (C=O) groups is 2. The number of methoxy groups -OCH3 is 1. The lowest BCUT2D eigenvalue weighted by atomic mass is 10.1. The predicted molar refractivity (Wildman–Crippen MR) is 102 cm³/mol. The molecule has 2 aromatic carbocycles. The van der Waals surface area contributed by atoms with Gasteiger partial charge in [0.25, 0.3) is 5.91 Å². The van der Waals surface area contributed by atoms with Gasteiger partial charge in [0.05, 0.1) is 7.11 Å². The first-order valence-electron chi connectivity index (χ1n) is 8.76. The summed E-state index contributed by atoms with van der Waals surface area (Å²) in [6.07, 6.45) is 0. The lowest BCUT2D eigenvalue weighted by Gasteiger charge is -2.39. The zero-order valence-corrected chi connectivity index (χ0v) is 15.7. The summed E-state index contributed by atoms with van der Waals surface area (Å²) in [6.45, 7) is 6.86. The molecule has 0 N–H and O–H groups in total. The number of piperazine rings is 1. The van der Waals surface area contributed by atoms with Gasteiger partial charge in [-0.2, -0.15) is 0 Å². The smallest absolute Gasteiger partial charge is 0.254 e. The summed E-state index contributed by atoms with van der Waals surface area (Å²) in [4.78, 5) is 29.2. The molecule has 1 aliphatic heterocycles. The Kier molecular flexibility index (Phi) is 4.98. The van der Waals surface area contributed by atoms with Crippen LogP contribution in [0.1, 0.15) is 28.4 Å². The Balaban J connectivity index is 1.80. The van der Waals surface area contributed by atoms with Crippen molar-refractivity contribution in [2.24, 2.45) is 0 Å². The SMILES string of the molecule is COc1cccc(C(=O)N2CCN(c3ccc(C)c(C)c3)C(=O)[C@@H]2C)c1. The molecule has 136 valence electrons. The molecule has 0 spiro atoms. The Labute approximate surface area is 154 Å². The van der Waals surface area contributed by atoms with Gasteiger partial charge in [-0.05, 0) is 62.2 Å². The van der Waals surface area contributed by atoms with Gasteiger partial charge in [0.15, 0.2) is 0 Å². The van der Waals surface area contributed by atoms with Gasteiger partial charge >= 0.3 is 0 Å². The summed E-state index contributed by atoms with van der Waals surface area (Å²) in [6, 6.07) is 12.5. The van der Waals surface area contributed by atoms with E-state index in [9.17, 15) is 9.59 Å². The largest absolute Gasteiger partial charge is 0.497 e. The van der Waals surface area contributed by atoms with E-state index < -0.39 is 6.04 Å². The summed E-state index contributed by atoms with van der Waals surface area (Å²) < 4.78 is 5.19. The maximum atomic E-state index is 12.9. The highest BCUT2D eigenvalue weighted by Gasteiger charge is 2.35. The Morgan fingerprint density at radius 1 is 1.08 bits per heavy atom. The zero-order chi connectivity index (χ0) is 18.8. The van der Waals surface area contributed by atoms with Crippen LogP contribution in [0.25, 0.3) is 0 Å². The molecule has 1 saturated heterocycles. The molecule has 0 radical (unpaired) electrons. The quantitative estimate of drug-likeness (QED) is 0.852. The molecule has 1 fully saturated rings. The first-order valence-corrected chi connectivity index (χ1v) is 8.76. The fourth-order valence-corrected chi connectivity index (χ4v) is 3.22. The molecule has 2 aromatic rings. The average molecular weight is 352 g/mol. The second kappa shape index (κ2) is 7.20. The van der Waals surface area contributed by atoms with Crippen LogP contribution >= 0.6 is 0 Å². The van der Waals surface area contributed by atoms with Crippen LogP contribution in [0, 0.1) is 13.8 Å². The lowest BCUT2D eigenvalue weighted by molar-refractivity contribution is -0.124. The normalized spacial score (nSPS) is 17.4. The van der Waals surface area contributed by atoms with Crippen molar-refractivity contribution in [1.82, 2.24) is 4.90 Å². The molecule has 3 rings (SSSR count). The fourth-order valence-electron chi connectivity index (χ4n) is 3.22. The van der Waals surface area contributed by atoms with E-state index in [1.54, 1.807) is 48.1 Å². The molecule has 1 heterocycles. The number of benzene rings is 2. The molecule has 5 heteroatoms. The fraction of sp³-hybridized carbons (Fsp3) is 0.333. The van der Waals surface area contributed by atoms with Gasteiger partial charge in [0.1, 0.15) is 11.8 Å². The number of hydrogen-bond donors (Lipinski definition) is 0. The van der Waals surface area contributed by atoms with Gasteiger partial charge in [-0.25, -0.2) is 0 Å². The number of hydrogen-bond acceptors (Lipinski definition) is 3. The van der Waals surface area contributed by atoms with Crippen LogP contribution in [0.2, 0.25) is 0 Å². The number of amides is 2. The Morgan fingerprint density at radius 3 is 2.54 bits per heavy atom. The highest BCUT2D eigenvalue weighted by atomic mass is 16.5. The van der Waals surface area contributed by atoms with Crippen molar-refractivity contribution < 1.29 is 14.3 Å². The van der Waals surface area contributed by atoms with Crippen LogP contribution in [-0.2, 0) is 4.79 Å². The van der Waals surface area contributed by atoms with E-state index in [0.717, 1.165) is 11.3 Å². The van der Waals surface area contributed by atoms with Crippen molar-refractivity contribution in [1.29, 1.82) is 0 Å². The van der Waals surface area contributed by atoms with Gasteiger partial charge in [0, 0.05) is 24.3 Å². The Hall–Kier alpha value is -2.82. The van der Waals surface area contributed by atoms with E-state index >= 15 is 0 Å². The van der Waals surface area contributed by atoms with E-state index in [0.29, 0.717) is 24.4 Å². The van der Waals surface area contributed by atoms with Crippen LogP contribution in [0.5, 0.6) is 5.75 Å². The number of nitrogens with zero attached hydrogens (tertiary/aromatic N) is 2. The van der Waals surface area contributed by atoms with E-state index in [1.807, 2.05) is 32.0 Å². The van der Waals surface area contributed by atoms with Crippen LogP contribution < -0.4 is 9.64 Å². The van der Waals surface area contributed by atoms with Crippen molar-refractivity contribution in [2.75, 3.05) is 25.1 Å². The molecule has 0 saturated carbocycles. The zero-order valence-electron chi connectivity index (χ0n) is 15.7. The third-order valence-electron chi connectivity index (χ3n) is 5.04. The molecule has 0 aromatic heterocycles. The molecular formula is C21H24N2O3. The second-order valence-corrected chi connectivity index (χ2v) is 6.66. The van der Waals surface area contributed by atoms with Crippen LogP contribution in [0.4, 0.5) is 5.69 Å². The minimum absolute atomic E-state index is 0.0595. The summed E-state index contributed by atoms with van der Waals surface area (Å²) in [5.74, 6) is 0.420. The molecule has 1 atom stereocenters. The van der Waals surface area contributed by atoms with Crippen molar-refractivity contribution in [3.05, 3.63) is 59.2 Å². The summed E-state index contributed by atoms with van der Waals surface area (Å²) in [5.41, 5.74) is 3.76. The number of rotatable bonds is 3. The predicted octanol–water partition coefficient (Wildman–Crippen LogP) is 3.19. The number of aryl methyl sites for hydroxylation is 2. The van der Waals surface area contributed by atoms with Crippen molar-refractivity contribution in [3.63, 3.8) is 0 Å². The van der Waals surface area contributed by atoms with Crippen molar-refractivity contribution in [3.8, 4) is 5.75 Å². The third kappa shape index (κ3) is 3.29. The minimum Gasteiger partial charge on any atom is -0.497 e. The molecule has 0 unspecified atom stereocenters. The van der Waals surface area contributed by atoms with Crippen LogP contribution in [0.3, 0.4) is 0 Å². The van der Waals surface area contributed by atoms with Crippen LogP contribution in [0.15, 0.2) is 42.5 Å². The first kappa shape index (κ1) is 18.0. The van der Waals surface area contributed by atoms with Crippen LogP contribution in [-0.4, -0.2) is 43.0 Å². The highest BCUT2D eigenvalue weighted by molar-refractivity contribution is 6.03. The standard InChI is InChI=1S/C21H24N2O3/c1-14-8-9-18(12-15(14)2)23-11-10-22(16(3)20(23)24)21(25)17-6-5-7-19(13-17)26-4/h5-9,12-13,16H,10-11H2,1-4H3/t16-/m0/s1. The first-order chi connectivity index (χ1) is 12.4. The highest BCUT2D eigenvalue weighted by Crippen LogP contribution is 2.24. The van der Waals surface area contributed by atoms with Crippen molar-refractivity contribution >= 4 is 17.5 Å². The summed E-state index contributed by atoms with van der Waals surface area (Å²) in [7, 11) is 1.57. The monoisotopic (exact) mass is 352 g/mol. The van der Waals surface area contributed by atoms with Gasteiger partial charge < -0.3 is 14.5 Å². The maximum Gasteiger partial charge on any atom is 0.254 e. The number of carbonyl (C=O) groups excluding carboxylic acids is 2. The van der Waals surface area contributed by atoms with Gasteiger partial charge in [-0.3, -0.25) is 9.59 Å².